The summed E-state index contributed by atoms with van der Waals surface area (Å²) in [6.07, 6.45) is -6.34. The van der Waals surface area contributed by atoms with Gasteiger partial charge in [-0.2, -0.15) is 13.2 Å². The number of nitro groups is 1. The number of anilines is 2. The number of alkyl halides is 3. The number of nitro benzene ring substituents is 1. The zero-order valence-corrected chi connectivity index (χ0v) is 17.8. The van der Waals surface area contributed by atoms with Crippen molar-refractivity contribution in [1.29, 1.82) is 0 Å². The Balaban J connectivity index is 1.91. The molecule has 0 fully saturated rings. The summed E-state index contributed by atoms with van der Waals surface area (Å²) in [5, 5.41) is 12.8. The lowest BCUT2D eigenvalue weighted by Gasteiger charge is -2.19. The van der Waals surface area contributed by atoms with Gasteiger partial charge in [0.2, 0.25) is 6.10 Å². The second-order valence-electron chi connectivity index (χ2n) is 6.91. The van der Waals surface area contributed by atoms with E-state index in [2.05, 4.69) is 5.32 Å². The van der Waals surface area contributed by atoms with E-state index in [1.54, 1.807) is 18.2 Å². The molecular formula is C22H15ClF3N3O5. The fraction of sp³-hybridized carbons (Fsp3) is 0.0909. The van der Waals surface area contributed by atoms with Gasteiger partial charge in [-0.15, -0.1) is 0 Å². The van der Waals surface area contributed by atoms with Crippen LogP contribution in [-0.2, 0) is 15.7 Å². The average molecular weight is 494 g/mol. The highest BCUT2D eigenvalue weighted by Crippen LogP contribution is 2.36. The summed E-state index contributed by atoms with van der Waals surface area (Å²) in [7, 11) is 0. The molecule has 176 valence electrons. The van der Waals surface area contributed by atoms with Crippen molar-refractivity contribution in [3.05, 3.63) is 98.6 Å². The standard InChI is InChI=1S/C22H15ClF3N3O5/c23-16-8-7-14(11-15(16)22(24,25)26)28-20(30)19(12-4-2-1-3-5-12)34-21(31)13-6-9-17(27)18(10-13)29(32)33/h1-11,19H,27H2,(H,28,30). The van der Waals surface area contributed by atoms with Gasteiger partial charge in [-0.25, -0.2) is 4.79 Å². The Morgan fingerprint density at radius 3 is 2.35 bits per heavy atom. The zero-order chi connectivity index (χ0) is 25.0. The second kappa shape index (κ2) is 9.79. The van der Waals surface area contributed by atoms with Crippen LogP contribution in [0.1, 0.15) is 27.6 Å². The quantitative estimate of drug-likeness (QED) is 0.205. The molecule has 1 amide bonds. The van der Waals surface area contributed by atoms with E-state index in [9.17, 15) is 32.9 Å². The van der Waals surface area contributed by atoms with Gasteiger partial charge in [0.05, 0.1) is 21.1 Å². The number of hydrogen-bond donors (Lipinski definition) is 2. The van der Waals surface area contributed by atoms with E-state index < -0.39 is 45.4 Å². The van der Waals surface area contributed by atoms with Crippen LogP contribution in [0.2, 0.25) is 5.02 Å². The van der Waals surface area contributed by atoms with Gasteiger partial charge in [0.15, 0.2) is 0 Å². The van der Waals surface area contributed by atoms with Gasteiger partial charge < -0.3 is 15.8 Å². The molecular weight excluding hydrogens is 479 g/mol. The van der Waals surface area contributed by atoms with Crippen LogP contribution in [0, 0.1) is 10.1 Å². The molecule has 34 heavy (non-hydrogen) atoms. The van der Waals surface area contributed by atoms with Crippen LogP contribution in [-0.4, -0.2) is 16.8 Å². The predicted molar refractivity (Wildman–Crippen MR) is 117 cm³/mol. The molecule has 3 rings (SSSR count). The minimum Gasteiger partial charge on any atom is -0.444 e. The first kappa shape index (κ1) is 24.5. The number of amides is 1. The van der Waals surface area contributed by atoms with Gasteiger partial charge in [0.1, 0.15) is 5.69 Å². The van der Waals surface area contributed by atoms with Gasteiger partial charge in [0.25, 0.3) is 11.6 Å². The molecule has 0 aliphatic rings. The summed E-state index contributed by atoms with van der Waals surface area (Å²) in [6, 6.07) is 13.7. The molecule has 8 nitrogen and oxygen atoms in total. The third kappa shape index (κ3) is 5.62. The maximum absolute atomic E-state index is 13.1. The van der Waals surface area contributed by atoms with Gasteiger partial charge in [0, 0.05) is 17.3 Å². The number of nitrogens with one attached hydrogen (secondary N) is 1. The third-order valence-electron chi connectivity index (χ3n) is 4.57. The molecule has 0 aromatic heterocycles. The molecule has 1 atom stereocenters. The molecule has 3 N–H and O–H groups in total. The lowest BCUT2D eigenvalue weighted by molar-refractivity contribution is -0.383. The number of rotatable bonds is 6. The van der Waals surface area contributed by atoms with Crippen LogP contribution in [0.5, 0.6) is 0 Å². The highest BCUT2D eigenvalue weighted by molar-refractivity contribution is 6.31. The Kier molecular flexibility index (Phi) is 7.06. The van der Waals surface area contributed by atoms with Crippen molar-refractivity contribution in [1.82, 2.24) is 0 Å². The number of nitrogens with zero attached hydrogens (tertiary/aromatic N) is 1. The Labute approximate surface area is 195 Å². The molecule has 0 radical (unpaired) electrons. The number of carbonyl (C=O) groups excluding carboxylic acids is 2. The van der Waals surface area contributed by atoms with Crippen LogP contribution in [0.25, 0.3) is 0 Å². The third-order valence-corrected chi connectivity index (χ3v) is 4.90. The van der Waals surface area contributed by atoms with Crippen LogP contribution in [0.15, 0.2) is 66.7 Å². The second-order valence-corrected chi connectivity index (χ2v) is 7.32. The van der Waals surface area contributed by atoms with E-state index in [1.165, 1.54) is 18.2 Å². The highest BCUT2D eigenvalue weighted by Gasteiger charge is 2.34. The van der Waals surface area contributed by atoms with E-state index in [1.807, 2.05) is 0 Å². The van der Waals surface area contributed by atoms with E-state index >= 15 is 0 Å². The van der Waals surface area contributed by atoms with Crippen LogP contribution < -0.4 is 11.1 Å². The minimum absolute atomic E-state index is 0.179. The summed E-state index contributed by atoms with van der Waals surface area (Å²) in [4.78, 5) is 35.9. The summed E-state index contributed by atoms with van der Waals surface area (Å²) in [6.45, 7) is 0. The van der Waals surface area contributed by atoms with Crippen LogP contribution in [0.3, 0.4) is 0 Å². The summed E-state index contributed by atoms with van der Waals surface area (Å²) in [5.41, 5.74) is 3.38. The SMILES string of the molecule is Nc1ccc(C(=O)OC(C(=O)Nc2ccc(Cl)c(C(F)(F)F)c2)c2ccccc2)cc1[N+](=O)[O-]. The zero-order valence-electron chi connectivity index (χ0n) is 17.0. The van der Waals surface area contributed by atoms with E-state index in [-0.39, 0.29) is 22.5 Å². The molecule has 0 aliphatic heterocycles. The van der Waals surface area contributed by atoms with Gasteiger partial charge >= 0.3 is 12.1 Å². The van der Waals surface area contributed by atoms with Crippen LogP contribution in [0.4, 0.5) is 30.2 Å². The number of hydrogen-bond acceptors (Lipinski definition) is 6. The first-order chi connectivity index (χ1) is 16.0. The monoisotopic (exact) mass is 493 g/mol. The van der Waals surface area contributed by atoms with Gasteiger partial charge in [-0.05, 0) is 30.3 Å². The molecule has 1 unspecified atom stereocenters. The van der Waals surface area contributed by atoms with E-state index in [0.717, 1.165) is 24.3 Å². The van der Waals surface area contributed by atoms with Gasteiger partial charge in [-0.3, -0.25) is 14.9 Å². The molecule has 3 aromatic rings. The minimum atomic E-state index is -4.76. The Morgan fingerprint density at radius 1 is 1.06 bits per heavy atom. The fourth-order valence-corrected chi connectivity index (χ4v) is 3.16. The number of nitrogen functional groups attached to an aromatic ring is 1. The number of halogens is 4. The van der Waals surface area contributed by atoms with Crippen molar-refractivity contribution in [3.8, 4) is 0 Å². The fourth-order valence-electron chi connectivity index (χ4n) is 2.93. The number of ether oxygens (including phenoxy) is 1. The Hall–Kier alpha value is -4.12. The topological polar surface area (TPSA) is 125 Å². The van der Waals surface area contributed by atoms with Crippen LogP contribution >= 0.6 is 11.6 Å². The van der Waals surface area contributed by atoms with E-state index in [4.69, 9.17) is 22.1 Å². The largest absolute Gasteiger partial charge is 0.444 e. The first-order valence-corrected chi connectivity index (χ1v) is 9.82. The summed E-state index contributed by atoms with van der Waals surface area (Å²) >= 11 is 5.60. The van der Waals surface area contributed by atoms with Crippen molar-refractivity contribution in [2.45, 2.75) is 12.3 Å². The van der Waals surface area contributed by atoms with Crippen molar-refractivity contribution >= 4 is 40.5 Å². The summed E-state index contributed by atoms with van der Waals surface area (Å²) in [5.74, 6) is -2.04. The predicted octanol–water partition coefficient (Wildman–Crippen LogP) is 5.39. The molecule has 0 heterocycles. The molecule has 0 spiro atoms. The number of carbonyl (C=O) groups is 2. The molecule has 0 saturated carbocycles. The lowest BCUT2D eigenvalue weighted by atomic mass is 10.1. The molecule has 0 aliphatic carbocycles. The highest BCUT2D eigenvalue weighted by atomic mass is 35.5. The summed E-state index contributed by atoms with van der Waals surface area (Å²) < 4.78 is 44.7. The van der Waals surface area contributed by atoms with Crippen molar-refractivity contribution < 1.29 is 32.4 Å². The molecule has 3 aromatic carbocycles. The first-order valence-electron chi connectivity index (χ1n) is 9.45. The molecule has 0 saturated heterocycles. The molecule has 0 bridgehead atoms. The molecule has 12 heteroatoms. The van der Waals surface area contributed by atoms with Crippen molar-refractivity contribution in [2.75, 3.05) is 11.1 Å². The smallest absolute Gasteiger partial charge is 0.417 e. The normalized spacial score (nSPS) is 12.0. The maximum Gasteiger partial charge on any atom is 0.417 e. The lowest BCUT2D eigenvalue weighted by Crippen LogP contribution is -2.26. The maximum atomic E-state index is 13.1. The van der Waals surface area contributed by atoms with E-state index in [0.29, 0.717) is 6.07 Å². The van der Waals surface area contributed by atoms with Crippen molar-refractivity contribution in [2.24, 2.45) is 0 Å². The Morgan fingerprint density at radius 2 is 1.74 bits per heavy atom. The van der Waals surface area contributed by atoms with Gasteiger partial charge in [-0.1, -0.05) is 41.9 Å². The van der Waals surface area contributed by atoms with Crippen molar-refractivity contribution in [3.63, 3.8) is 0 Å². The average Bonchev–Trinajstić information content (AvgIpc) is 2.78. The number of benzene rings is 3. The Bertz CT molecular complexity index is 1250. The number of nitrogens with two attached hydrogens (primary N) is 1. The number of esters is 1.